The molecule has 0 radical (unpaired) electrons. The third-order valence-corrected chi connectivity index (χ3v) is 3.19. The van der Waals surface area contributed by atoms with E-state index in [1.54, 1.807) is 0 Å². The second-order valence-electron chi connectivity index (χ2n) is 3.21. The van der Waals surface area contributed by atoms with Crippen LogP contribution in [0.2, 0.25) is 0 Å². The highest BCUT2D eigenvalue weighted by Crippen LogP contribution is 2.19. The van der Waals surface area contributed by atoms with E-state index in [9.17, 15) is 0 Å². The quantitative estimate of drug-likeness (QED) is 0.562. The van der Waals surface area contributed by atoms with Crippen LogP contribution < -0.4 is 5.32 Å². The Labute approximate surface area is 84.5 Å². The summed E-state index contributed by atoms with van der Waals surface area (Å²) >= 11 is 1.88. The van der Waals surface area contributed by atoms with E-state index in [1.165, 1.54) is 15.3 Å². The number of nitrogens with one attached hydrogen (secondary N) is 1. The van der Waals surface area contributed by atoms with Crippen molar-refractivity contribution in [3.63, 3.8) is 0 Å². The van der Waals surface area contributed by atoms with Crippen molar-refractivity contribution in [3.05, 3.63) is 34.0 Å². The SMILES string of the molecule is C=CCCNCc1cc(C)c(C)s1. The van der Waals surface area contributed by atoms with Crippen molar-refractivity contribution in [2.75, 3.05) is 6.54 Å². The minimum absolute atomic E-state index is 0.993. The van der Waals surface area contributed by atoms with E-state index in [1.807, 2.05) is 17.4 Å². The molecular formula is C11H17NS. The fourth-order valence-electron chi connectivity index (χ4n) is 1.15. The monoisotopic (exact) mass is 195 g/mol. The molecule has 0 amide bonds. The smallest absolute Gasteiger partial charge is 0.0300 e. The van der Waals surface area contributed by atoms with Gasteiger partial charge >= 0.3 is 0 Å². The molecule has 0 saturated heterocycles. The molecule has 13 heavy (non-hydrogen) atoms. The average molecular weight is 195 g/mol. The third kappa shape index (κ3) is 3.33. The first-order valence-corrected chi connectivity index (χ1v) is 5.43. The Hall–Kier alpha value is -0.600. The van der Waals surface area contributed by atoms with Crippen LogP contribution in [0.1, 0.15) is 21.7 Å². The second-order valence-corrected chi connectivity index (χ2v) is 4.55. The molecule has 1 aromatic heterocycles. The molecule has 0 aliphatic carbocycles. The number of aryl methyl sites for hydroxylation is 2. The molecule has 0 spiro atoms. The molecule has 1 N–H and O–H groups in total. The Kier molecular flexibility index (Phi) is 4.19. The lowest BCUT2D eigenvalue weighted by Gasteiger charge is -1.98. The lowest BCUT2D eigenvalue weighted by atomic mass is 10.3. The summed E-state index contributed by atoms with van der Waals surface area (Å²) in [6, 6.07) is 2.26. The van der Waals surface area contributed by atoms with Gasteiger partial charge in [0.15, 0.2) is 0 Å². The predicted molar refractivity (Wildman–Crippen MR) is 60.3 cm³/mol. The standard InChI is InChI=1S/C11H17NS/c1-4-5-6-12-8-11-7-9(2)10(3)13-11/h4,7,12H,1,5-6,8H2,2-3H3. The van der Waals surface area contributed by atoms with Crippen LogP contribution in [0, 0.1) is 13.8 Å². The lowest BCUT2D eigenvalue weighted by molar-refractivity contribution is 0.703. The van der Waals surface area contributed by atoms with Gasteiger partial charge in [0.1, 0.15) is 0 Å². The fraction of sp³-hybridized carbons (Fsp3) is 0.455. The van der Waals surface area contributed by atoms with Gasteiger partial charge in [-0.05, 0) is 38.4 Å². The van der Waals surface area contributed by atoms with Crippen molar-refractivity contribution >= 4 is 11.3 Å². The van der Waals surface area contributed by atoms with E-state index in [0.29, 0.717) is 0 Å². The average Bonchev–Trinajstić information content (AvgIpc) is 2.41. The van der Waals surface area contributed by atoms with Gasteiger partial charge in [0, 0.05) is 16.3 Å². The highest BCUT2D eigenvalue weighted by Gasteiger charge is 1.99. The summed E-state index contributed by atoms with van der Waals surface area (Å²) in [6.07, 6.45) is 2.99. The van der Waals surface area contributed by atoms with E-state index in [4.69, 9.17) is 0 Å². The van der Waals surface area contributed by atoms with Crippen molar-refractivity contribution < 1.29 is 0 Å². The third-order valence-electron chi connectivity index (χ3n) is 2.04. The minimum Gasteiger partial charge on any atom is -0.312 e. The molecule has 1 rings (SSSR count). The van der Waals surface area contributed by atoms with Crippen molar-refractivity contribution in [3.8, 4) is 0 Å². The molecule has 0 saturated carbocycles. The van der Waals surface area contributed by atoms with Crippen LogP contribution in [0.5, 0.6) is 0 Å². The molecule has 0 bridgehead atoms. The number of hydrogen-bond acceptors (Lipinski definition) is 2. The largest absolute Gasteiger partial charge is 0.312 e. The van der Waals surface area contributed by atoms with E-state index < -0.39 is 0 Å². The van der Waals surface area contributed by atoms with Gasteiger partial charge in [-0.2, -0.15) is 0 Å². The lowest BCUT2D eigenvalue weighted by Crippen LogP contribution is -2.12. The van der Waals surface area contributed by atoms with Crippen LogP contribution in [0.3, 0.4) is 0 Å². The maximum atomic E-state index is 3.69. The van der Waals surface area contributed by atoms with Crippen LogP contribution >= 0.6 is 11.3 Å². The molecule has 0 atom stereocenters. The van der Waals surface area contributed by atoms with Crippen LogP contribution in [0.15, 0.2) is 18.7 Å². The minimum atomic E-state index is 0.993. The highest BCUT2D eigenvalue weighted by atomic mass is 32.1. The predicted octanol–water partition coefficient (Wildman–Crippen LogP) is 3.03. The molecule has 2 heteroatoms. The van der Waals surface area contributed by atoms with Gasteiger partial charge in [-0.15, -0.1) is 17.9 Å². The Morgan fingerprint density at radius 2 is 2.31 bits per heavy atom. The molecule has 0 aromatic carbocycles. The van der Waals surface area contributed by atoms with Crippen molar-refractivity contribution in [1.29, 1.82) is 0 Å². The Balaban J connectivity index is 2.32. The van der Waals surface area contributed by atoms with Gasteiger partial charge in [-0.1, -0.05) is 6.08 Å². The zero-order valence-electron chi connectivity index (χ0n) is 8.39. The van der Waals surface area contributed by atoms with Gasteiger partial charge in [-0.3, -0.25) is 0 Å². The molecule has 0 aliphatic heterocycles. The van der Waals surface area contributed by atoms with Crippen molar-refractivity contribution in [2.24, 2.45) is 0 Å². The van der Waals surface area contributed by atoms with Crippen LogP contribution in [-0.2, 0) is 6.54 Å². The maximum Gasteiger partial charge on any atom is 0.0300 e. The Morgan fingerprint density at radius 3 is 2.85 bits per heavy atom. The van der Waals surface area contributed by atoms with Crippen molar-refractivity contribution in [2.45, 2.75) is 26.8 Å². The number of thiophene rings is 1. The zero-order chi connectivity index (χ0) is 9.68. The van der Waals surface area contributed by atoms with Crippen LogP contribution in [0.25, 0.3) is 0 Å². The molecule has 72 valence electrons. The Bertz CT molecular complexity index is 256. The summed E-state index contributed by atoms with van der Waals surface area (Å²) in [5.41, 5.74) is 1.41. The Morgan fingerprint density at radius 1 is 1.54 bits per heavy atom. The van der Waals surface area contributed by atoms with E-state index in [2.05, 4.69) is 31.8 Å². The first kappa shape index (κ1) is 10.5. The summed E-state index contributed by atoms with van der Waals surface area (Å²) in [6.45, 7) is 10.0. The van der Waals surface area contributed by atoms with Gasteiger partial charge in [-0.25, -0.2) is 0 Å². The molecule has 1 aromatic rings. The zero-order valence-corrected chi connectivity index (χ0v) is 9.21. The van der Waals surface area contributed by atoms with Gasteiger partial charge < -0.3 is 5.32 Å². The normalized spacial score (nSPS) is 10.3. The molecule has 0 unspecified atom stereocenters. The van der Waals surface area contributed by atoms with Crippen LogP contribution in [0.4, 0.5) is 0 Å². The molecular weight excluding hydrogens is 178 g/mol. The summed E-state index contributed by atoms with van der Waals surface area (Å²) < 4.78 is 0. The highest BCUT2D eigenvalue weighted by molar-refractivity contribution is 7.12. The summed E-state index contributed by atoms with van der Waals surface area (Å²) in [4.78, 5) is 2.86. The molecule has 0 fully saturated rings. The van der Waals surface area contributed by atoms with E-state index in [-0.39, 0.29) is 0 Å². The van der Waals surface area contributed by atoms with Gasteiger partial charge in [0.25, 0.3) is 0 Å². The second kappa shape index (κ2) is 5.20. The van der Waals surface area contributed by atoms with E-state index >= 15 is 0 Å². The maximum absolute atomic E-state index is 3.69. The first-order valence-electron chi connectivity index (χ1n) is 4.61. The number of rotatable bonds is 5. The molecule has 0 aliphatic rings. The summed E-state index contributed by atoms with van der Waals surface area (Å²) in [5, 5.41) is 3.38. The fourth-order valence-corrected chi connectivity index (χ4v) is 2.18. The first-order chi connectivity index (χ1) is 6.24. The molecule has 1 nitrogen and oxygen atoms in total. The summed E-state index contributed by atoms with van der Waals surface area (Å²) in [5.74, 6) is 0. The molecule has 1 heterocycles. The van der Waals surface area contributed by atoms with Crippen molar-refractivity contribution in [1.82, 2.24) is 5.32 Å². The van der Waals surface area contributed by atoms with E-state index in [0.717, 1.165) is 19.5 Å². The topological polar surface area (TPSA) is 12.0 Å². The number of hydrogen-bond donors (Lipinski definition) is 1. The van der Waals surface area contributed by atoms with Gasteiger partial charge in [0.05, 0.1) is 0 Å². The summed E-state index contributed by atoms with van der Waals surface area (Å²) in [7, 11) is 0. The van der Waals surface area contributed by atoms with Gasteiger partial charge in [0.2, 0.25) is 0 Å². The van der Waals surface area contributed by atoms with Crippen LogP contribution in [-0.4, -0.2) is 6.54 Å².